The second-order valence-electron chi connectivity index (χ2n) is 3.45. The molecule has 2 aromatic rings. The number of rotatable bonds is 4. The van der Waals surface area contributed by atoms with Gasteiger partial charge in [-0.1, -0.05) is 0 Å². The number of carbonyl (C=O) groups is 1. The smallest absolute Gasteiger partial charge is 0.344 e. The van der Waals surface area contributed by atoms with Gasteiger partial charge in [-0.15, -0.1) is 0 Å². The number of hydrogen-bond acceptors (Lipinski definition) is 6. The summed E-state index contributed by atoms with van der Waals surface area (Å²) in [5.74, 6) is -0.474. The van der Waals surface area contributed by atoms with Crippen molar-refractivity contribution >= 4 is 17.7 Å². The van der Waals surface area contributed by atoms with E-state index in [0.29, 0.717) is 16.8 Å². The Hall–Kier alpha value is -2.15. The lowest BCUT2D eigenvalue weighted by molar-refractivity contribution is -0.932. The molecule has 2 heterocycles. The van der Waals surface area contributed by atoms with Gasteiger partial charge < -0.3 is 4.74 Å². The molecule has 0 saturated carbocycles. The van der Waals surface area contributed by atoms with Crippen LogP contribution in [0.5, 0.6) is 0 Å². The summed E-state index contributed by atoms with van der Waals surface area (Å²) in [7, 11) is 0. The molecule has 0 aliphatic rings. The molecular formula is C12H12N3O3S+. The summed E-state index contributed by atoms with van der Waals surface area (Å²) >= 11 is 1.19. The lowest BCUT2D eigenvalue weighted by Gasteiger charge is -2.00. The van der Waals surface area contributed by atoms with Crippen molar-refractivity contribution in [3.05, 3.63) is 42.4 Å². The molecule has 19 heavy (non-hydrogen) atoms. The molecule has 0 radical (unpaired) electrons. The van der Waals surface area contributed by atoms with Crippen molar-refractivity contribution in [2.75, 3.05) is 6.61 Å². The topological polar surface area (TPSA) is 76.2 Å². The molecule has 7 heteroatoms. The van der Waals surface area contributed by atoms with E-state index >= 15 is 0 Å². The molecular weight excluding hydrogens is 266 g/mol. The molecule has 0 aromatic carbocycles. The second-order valence-corrected chi connectivity index (χ2v) is 4.44. The van der Waals surface area contributed by atoms with Crippen molar-refractivity contribution in [1.29, 1.82) is 0 Å². The van der Waals surface area contributed by atoms with Gasteiger partial charge in [0.05, 0.1) is 6.61 Å². The number of esters is 1. The Morgan fingerprint density at radius 3 is 2.79 bits per heavy atom. The monoisotopic (exact) mass is 278 g/mol. The van der Waals surface area contributed by atoms with Crippen LogP contribution in [0.15, 0.2) is 47.0 Å². The van der Waals surface area contributed by atoms with Crippen molar-refractivity contribution < 1.29 is 19.5 Å². The first-order chi connectivity index (χ1) is 9.20. The number of aromatic nitrogens is 3. The Labute approximate surface area is 114 Å². The van der Waals surface area contributed by atoms with Crippen molar-refractivity contribution in [3.63, 3.8) is 0 Å². The van der Waals surface area contributed by atoms with Gasteiger partial charge in [0.25, 0.3) is 5.03 Å². The van der Waals surface area contributed by atoms with Crippen LogP contribution >= 0.6 is 11.8 Å². The Balaban J connectivity index is 2.18. The number of carbonyl (C=O) groups excluding carboxylic acids is 1. The van der Waals surface area contributed by atoms with Crippen LogP contribution in [0.1, 0.15) is 17.3 Å². The van der Waals surface area contributed by atoms with Gasteiger partial charge >= 0.3 is 5.97 Å². The largest absolute Gasteiger partial charge is 0.462 e. The summed E-state index contributed by atoms with van der Waals surface area (Å²) in [6, 6.07) is 4.89. The first kappa shape index (κ1) is 13.3. The molecule has 0 saturated heterocycles. The Morgan fingerprint density at radius 1 is 1.42 bits per heavy atom. The van der Waals surface area contributed by atoms with Crippen LogP contribution in [0.3, 0.4) is 0 Å². The van der Waals surface area contributed by atoms with Crippen molar-refractivity contribution in [2.24, 2.45) is 0 Å². The Kier molecular flexibility index (Phi) is 4.30. The molecule has 6 nitrogen and oxygen atoms in total. The van der Waals surface area contributed by atoms with E-state index in [9.17, 15) is 10.0 Å². The second kappa shape index (κ2) is 6.14. The summed E-state index contributed by atoms with van der Waals surface area (Å²) in [5.41, 5.74) is 0.280. The molecule has 2 rings (SSSR count). The van der Waals surface area contributed by atoms with E-state index in [0.717, 1.165) is 4.73 Å². The van der Waals surface area contributed by atoms with Crippen LogP contribution < -0.4 is 4.73 Å². The minimum Gasteiger partial charge on any atom is -0.462 e. The number of pyridine rings is 1. The Morgan fingerprint density at radius 2 is 2.16 bits per heavy atom. The molecule has 0 aliphatic carbocycles. The van der Waals surface area contributed by atoms with Gasteiger partial charge in [0.1, 0.15) is 5.56 Å². The molecule has 0 spiro atoms. The number of hydrogen-bond donors (Lipinski definition) is 1. The van der Waals surface area contributed by atoms with Crippen molar-refractivity contribution in [1.82, 2.24) is 9.97 Å². The van der Waals surface area contributed by atoms with E-state index in [2.05, 4.69) is 9.97 Å². The molecule has 0 unspecified atom stereocenters. The summed E-state index contributed by atoms with van der Waals surface area (Å²) in [6.07, 6.45) is 4.53. The molecule has 2 aromatic heterocycles. The first-order valence-corrected chi connectivity index (χ1v) is 6.39. The first-order valence-electron chi connectivity index (χ1n) is 5.57. The molecule has 0 fully saturated rings. The van der Waals surface area contributed by atoms with Gasteiger partial charge in [0, 0.05) is 35.0 Å². The summed E-state index contributed by atoms with van der Waals surface area (Å²) in [4.78, 5) is 19.6. The highest BCUT2D eigenvalue weighted by Gasteiger charge is 2.18. The molecule has 1 N–H and O–H groups in total. The highest BCUT2D eigenvalue weighted by Crippen LogP contribution is 2.20. The van der Waals surface area contributed by atoms with E-state index in [-0.39, 0.29) is 5.56 Å². The maximum Gasteiger partial charge on any atom is 0.344 e. The molecule has 0 amide bonds. The van der Waals surface area contributed by atoms with Gasteiger partial charge in [-0.3, -0.25) is 5.21 Å². The summed E-state index contributed by atoms with van der Waals surface area (Å²) < 4.78 is 5.70. The molecule has 0 atom stereocenters. The van der Waals surface area contributed by atoms with Gasteiger partial charge in [-0.05, 0) is 19.1 Å². The van der Waals surface area contributed by atoms with Gasteiger partial charge in [0.2, 0.25) is 6.20 Å². The SMILES string of the molecule is CCOC(=O)c1ccc(Sc2ncccn2)[n+](O)c1. The maximum atomic E-state index is 11.5. The molecule has 98 valence electrons. The van der Waals surface area contributed by atoms with Crippen molar-refractivity contribution in [3.8, 4) is 0 Å². The average molecular weight is 278 g/mol. The minimum absolute atomic E-state index is 0.280. The molecule has 0 bridgehead atoms. The quantitative estimate of drug-likeness (QED) is 0.393. The number of nitrogens with zero attached hydrogens (tertiary/aromatic N) is 3. The fraction of sp³-hybridized carbons (Fsp3) is 0.167. The predicted molar refractivity (Wildman–Crippen MR) is 65.9 cm³/mol. The lowest BCUT2D eigenvalue weighted by Crippen LogP contribution is -2.33. The van der Waals surface area contributed by atoms with E-state index in [1.54, 1.807) is 37.5 Å². The van der Waals surface area contributed by atoms with Crippen LogP contribution in [0.2, 0.25) is 0 Å². The Bertz CT molecular complexity index is 578. The summed E-state index contributed by atoms with van der Waals surface area (Å²) in [6.45, 7) is 2.01. The zero-order chi connectivity index (χ0) is 13.7. The predicted octanol–water partition coefficient (Wildman–Crippen LogP) is 1.33. The average Bonchev–Trinajstić information content (AvgIpc) is 2.42. The maximum absolute atomic E-state index is 11.5. The van der Waals surface area contributed by atoms with Gasteiger partial charge in [-0.25, -0.2) is 14.8 Å². The minimum atomic E-state index is -0.474. The van der Waals surface area contributed by atoms with E-state index < -0.39 is 5.97 Å². The molecule has 0 aliphatic heterocycles. The van der Waals surface area contributed by atoms with Gasteiger partial charge in [0.15, 0.2) is 5.16 Å². The lowest BCUT2D eigenvalue weighted by atomic mass is 10.3. The third-order valence-electron chi connectivity index (χ3n) is 2.14. The van der Waals surface area contributed by atoms with Gasteiger partial charge in [-0.2, -0.15) is 0 Å². The highest BCUT2D eigenvalue weighted by molar-refractivity contribution is 7.99. The van der Waals surface area contributed by atoms with Crippen LogP contribution in [0.4, 0.5) is 0 Å². The standard InChI is InChI=1S/C12H12N3O3S/c1-2-18-11(16)9-4-5-10(15(17)8-9)19-12-13-6-3-7-14-12/h3-8,17H,2H2,1H3/q+1. The van der Waals surface area contributed by atoms with E-state index in [1.807, 2.05) is 0 Å². The zero-order valence-electron chi connectivity index (χ0n) is 10.2. The fourth-order valence-corrected chi connectivity index (χ4v) is 2.02. The normalized spacial score (nSPS) is 10.2. The summed E-state index contributed by atoms with van der Waals surface area (Å²) in [5, 5.41) is 10.8. The van der Waals surface area contributed by atoms with Crippen LogP contribution in [0.25, 0.3) is 0 Å². The van der Waals surface area contributed by atoms with E-state index in [1.165, 1.54) is 18.0 Å². The van der Waals surface area contributed by atoms with E-state index in [4.69, 9.17) is 4.74 Å². The third-order valence-corrected chi connectivity index (χ3v) is 3.07. The van der Waals surface area contributed by atoms with Crippen molar-refractivity contribution in [2.45, 2.75) is 17.1 Å². The third kappa shape index (κ3) is 3.41. The van der Waals surface area contributed by atoms with Crippen LogP contribution in [0, 0.1) is 0 Å². The zero-order valence-corrected chi connectivity index (χ0v) is 11.0. The fourth-order valence-electron chi connectivity index (χ4n) is 1.32. The highest BCUT2D eigenvalue weighted by atomic mass is 32.2. The van der Waals surface area contributed by atoms with Crippen LogP contribution in [-0.4, -0.2) is 27.8 Å². The number of ether oxygens (including phenoxy) is 1. The van der Waals surface area contributed by atoms with Crippen LogP contribution in [-0.2, 0) is 4.74 Å².